The molecule has 0 amide bonds. The van der Waals surface area contributed by atoms with Crippen LogP contribution in [0.5, 0.6) is 0 Å². The highest BCUT2D eigenvalue weighted by Gasteiger charge is 2.36. The van der Waals surface area contributed by atoms with Crippen LogP contribution in [0.4, 0.5) is 10.1 Å². The molecular formula is C38H50FN3O3. The van der Waals surface area contributed by atoms with Gasteiger partial charge in [0.1, 0.15) is 5.82 Å². The summed E-state index contributed by atoms with van der Waals surface area (Å²) in [4.78, 5) is 22.6. The number of anilines is 1. The number of benzene rings is 2. The molecule has 3 aromatic rings. The number of carboxylic acid groups (broad SMARTS) is 1. The Labute approximate surface area is 268 Å². The van der Waals surface area contributed by atoms with Gasteiger partial charge >= 0.3 is 5.97 Å². The van der Waals surface area contributed by atoms with Crippen LogP contribution < -0.4 is 4.90 Å². The van der Waals surface area contributed by atoms with Crippen molar-refractivity contribution in [2.24, 2.45) is 5.41 Å². The normalized spacial score (nSPS) is 17.7. The van der Waals surface area contributed by atoms with Crippen molar-refractivity contribution in [1.29, 1.82) is 0 Å². The lowest BCUT2D eigenvalue weighted by molar-refractivity contribution is -0.160. The zero-order chi connectivity index (χ0) is 32.8. The standard InChI is InChI=1S/C38H50FN3O3/c1-23-18-27(19-24(2)33(23)39)21-41-15-12-28-20-29(10-11-30(28)22-41)31-25(3)40-26(4)32(35(36(43)44)45-37(5,6)7)34(31)42-16-13-38(8,9)14-17-42/h10-11,18-20,35H,12-17,21-22H2,1-9H3,(H,43,44)/t35-/m0/s1. The summed E-state index contributed by atoms with van der Waals surface area (Å²) >= 11 is 0. The number of fused-ring (bicyclic) bond motifs is 1. The van der Waals surface area contributed by atoms with Crippen molar-refractivity contribution < 1.29 is 19.0 Å². The molecule has 0 unspecified atom stereocenters. The van der Waals surface area contributed by atoms with Crippen LogP contribution in [-0.4, -0.2) is 46.2 Å². The first-order valence-corrected chi connectivity index (χ1v) is 16.3. The number of piperidine rings is 1. The molecular weight excluding hydrogens is 565 g/mol. The molecule has 45 heavy (non-hydrogen) atoms. The lowest BCUT2D eigenvalue weighted by Crippen LogP contribution is -2.39. The third kappa shape index (κ3) is 7.25. The largest absolute Gasteiger partial charge is 0.479 e. The number of aryl methyl sites for hydroxylation is 4. The number of hydrogen-bond acceptors (Lipinski definition) is 5. The third-order valence-corrected chi connectivity index (χ3v) is 9.46. The summed E-state index contributed by atoms with van der Waals surface area (Å²) < 4.78 is 20.5. The van der Waals surface area contributed by atoms with E-state index >= 15 is 0 Å². The van der Waals surface area contributed by atoms with E-state index in [2.05, 4.69) is 41.8 Å². The summed E-state index contributed by atoms with van der Waals surface area (Å²) in [7, 11) is 0. The molecule has 0 aliphatic carbocycles. The van der Waals surface area contributed by atoms with Crippen LogP contribution in [0, 0.1) is 38.9 Å². The summed E-state index contributed by atoms with van der Waals surface area (Å²) in [5.74, 6) is -1.12. The molecule has 2 aliphatic rings. The van der Waals surface area contributed by atoms with Gasteiger partial charge in [-0.1, -0.05) is 44.2 Å². The molecule has 0 saturated carbocycles. The lowest BCUT2D eigenvalue weighted by Gasteiger charge is -2.41. The number of hydrogen-bond donors (Lipinski definition) is 1. The van der Waals surface area contributed by atoms with Crippen LogP contribution in [0.25, 0.3) is 11.1 Å². The predicted molar refractivity (Wildman–Crippen MR) is 179 cm³/mol. The van der Waals surface area contributed by atoms with E-state index in [-0.39, 0.29) is 11.2 Å². The van der Waals surface area contributed by atoms with Crippen molar-refractivity contribution in [3.63, 3.8) is 0 Å². The van der Waals surface area contributed by atoms with Crippen LogP contribution in [0.2, 0.25) is 0 Å². The van der Waals surface area contributed by atoms with Crippen molar-refractivity contribution >= 4 is 11.7 Å². The third-order valence-electron chi connectivity index (χ3n) is 9.46. The molecule has 1 fully saturated rings. The second-order valence-corrected chi connectivity index (χ2v) is 15.0. The Morgan fingerprint density at radius 2 is 1.64 bits per heavy atom. The van der Waals surface area contributed by atoms with E-state index < -0.39 is 17.7 Å². The van der Waals surface area contributed by atoms with Crippen molar-refractivity contribution in [1.82, 2.24) is 9.88 Å². The number of carboxylic acids is 1. The molecule has 5 rings (SSSR count). The Balaban J connectivity index is 1.55. The Morgan fingerprint density at radius 3 is 2.24 bits per heavy atom. The van der Waals surface area contributed by atoms with E-state index in [0.717, 1.165) is 80.1 Å². The fourth-order valence-corrected chi connectivity index (χ4v) is 7.04. The Morgan fingerprint density at radius 1 is 1.00 bits per heavy atom. The minimum absolute atomic E-state index is 0.119. The highest BCUT2D eigenvalue weighted by molar-refractivity contribution is 5.88. The molecule has 0 radical (unpaired) electrons. The number of carbonyl (C=O) groups is 1. The van der Waals surface area contributed by atoms with Crippen LogP contribution >= 0.6 is 0 Å². The number of nitrogens with zero attached hydrogens (tertiary/aromatic N) is 3. The zero-order valence-corrected chi connectivity index (χ0v) is 28.6. The summed E-state index contributed by atoms with van der Waals surface area (Å²) in [6.45, 7) is 22.2. The van der Waals surface area contributed by atoms with E-state index in [4.69, 9.17) is 9.72 Å². The SMILES string of the molecule is Cc1cc(CN2CCc3cc(-c4c(C)nc(C)c([C@H](OC(C)(C)C)C(=O)O)c4N4CCC(C)(C)CC4)ccc3C2)cc(C)c1F. The quantitative estimate of drug-likeness (QED) is 0.289. The Bertz CT molecular complexity index is 1570. The van der Waals surface area contributed by atoms with Crippen molar-refractivity contribution in [2.45, 2.75) is 106 Å². The molecule has 2 aromatic carbocycles. The molecule has 1 aromatic heterocycles. The van der Waals surface area contributed by atoms with Gasteiger partial charge in [-0.2, -0.15) is 0 Å². The van der Waals surface area contributed by atoms with Gasteiger partial charge in [-0.25, -0.2) is 9.18 Å². The van der Waals surface area contributed by atoms with E-state index in [1.54, 1.807) is 0 Å². The van der Waals surface area contributed by atoms with Crippen LogP contribution in [0.3, 0.4) is 0 Å². The first kappa shape index (κ1) is 33.1. The number of aromatic nitrogens is 1. The summed E-state index contributed by atoms with van der Waals surface area (Å²) in [6, 6.07) is 10.6. The topological polar surface area (TPSA) is 65.9 Å². The molecule has 3 heterocycles. The number of pyridine rings is 1. The molecule has 1 N–H and O–H groups in total. The Hall–Kier alpha value is -3.29. The zero-order valence-electron chi connectivity index (χ0n) is 28.6. The molecule has 7 heteroatoms. The number of aliphatic carboxylic acids is 1. The first-order valence-electron chi connectivity index (χ1n) is 16.3. The second kappa shape index (κ2) is 12.5. The molecule has 1 atom stereocenters. The molecule has 1 saturated heterocycles. The maximum atomic E-state index is 14.2. The van der Waals surface area contributed by atoms with Gasteiger partial charge in [0.05, 0.1) is 11.3 Å². The maximum absolute atomic E-state index is 14.2. The molecule has 0 bridgehead atoms. The fraction of sp³-hybridized carbons (Fsp3) is 0.526. The van der Waals surface area contributed by atoms with Crippen LogP contribution in [-0.2, 0) is 29.0 Å². The minimum Gasteiger partial charge on any atom is -0.479 e. The van der Waals surface area contributed by atoms with Crippen molar-refractivity contribution in [2.75, 3.05) is 24.5 Å². The van der Waals surface area contributed by atoms with Gasteiger partial charge in [0.15, 0.2) is 6.10 Å². The molecule has 0 spiro atoms. The van der Waals surface area contributed by atoms with Crippen molar-refractivity contribution in [3.8, 4) is 11.1 Å². The van der Waals surface area contributed by atoms with Crippen molar-refractivity contribution in [3.05, 3.63) is 80.9 Å². The predicted octanol–water partition coefficient (Wildman–Crippen LogP) is 8.25. The summed E-state index contributed by atoms with van der Waals surface area (Å²) in [5.41, 5.74) is 10.00. The summed E-state index contributed by atoms with van der Waals surface area (Å²) in [6.07, 6.45) is 1.83. The average Bonchev–Trinajstić information content (AvgIpc) is 2.94. The van der Waals surface area contributed by atoms with Crippen LogP contribution in [0.15, 0.2) is 30.3 Å². The van der Waals surface area contributed by atoms with E-state index in [1.165, 1.54) is 11.1 Å². The van der Waals surface area contributed by atoms with Crippen LogP contribution in [0.1, 0.15) is 98.3 Å². The number of halogens is 1. The smallest absolute Gasteiger partial charge is 0.337 e. The second-order valence-electron chi connectivity index (χ2n) is 15.0. The van der Waals surface area contributed by atoms with E-state index in [9.17, 15) is 14.3 Å². The minimum atomic E-state index is -1.13. The lowest BCUT2D eigenvalue weighted by atomic mass is 9.81. The van der Waals surface area contributed by atoms with Gasteiger partial charge in [0.25, 0.3) is 0 Å². The highest BCUT2D eigenvalue weighted by Crippen LogP contribution is 2.45. The van der Waals surface area contributed by atoms with Gasteiger partial charge in [-0.3, -0.25) is 9.88 Å². The summed E-state index contributed by atoms with van der Waals surface area (Å²) in [5, 5.41) is 10.5. The van der Waals surface area contributed by atoms with E-state index in [1.807, 2.05) is 60.6 Å². The molecule has 2 aliphatic heterocycles. The van der Waals surface area contributed by atoms with Gasteiger partial charge in [0.2, 0.25) is 0 Å². The Kier molecular flexibility index (Phi) is 9.18. The average molecular weight is 616 g/mol. The fourth-order valence-electron chi connectivity index (χ4n) is 7.04. The van der Waals surface area contributed by atoms with Gasteiger partial charge in [0, 0.05) is 55.2 Å². The number of rotatable bonds is 7. The molecule has 242 valence electrons. The van der Waals surface area contributed by atoms with Gasteiger partial charge in [-0.05, 0) is 107 Å². The highest BCUT2D eigenvalue weighted by atomic mass is 19.1. The van der Waals surface area contributed by atoms with Gasteiger partial charge < -0.3 is 14.7 Å². The van der Waals surface area contributed by atoms with Gasteiger partial charge in [-0.15, -0.1) is 0 Å². The van der Waals surface area contributed by atoms with E-state index in [0.29, 0.717) is 22.4 Å². The monoisotopic (exact) mass is 615 g/mol. The number of ether oxygens (including phenoxy) is 1. The maximum Gasteiger partial charge on any atom is 0.337 e. The first-order chi connectivity index (χ1) is 21.0. The molecule has 6 nitrogen and oxygen atoms in total.